The molecule has 1 heterocycles. The van der Waals surface area contributed by atoms with Crippen LogP contribution in [0.3, 0.4) is 0 Å². The van der Waals surface area contributed by atoms with Gasteiger partial charge in [-0.15, -0.1) is 0 Å². The Bertz CT molecular complexity index is 423. The van der Waals surface area contributed by atoms with Crippen LogP contribution in [0.1, 0.15) is 42.9 Å². The summed E-state index contributed by atoms with van der Waals surface area (Å²) in [5.74, 6) is -2.13. The molecule has 2 atom stereocenters. The predicted octanol–water partition coefficient (Wildman–Crippen LogP) is 1.14. The number of carbonyl (C=O) groups excluding carboxylic acids is 1. The number of hydrogen-bond acceptors (Lipinski definition) is 2. The van der Waals surface area contributed by atoms with Gasteiger partial charge in [-0.05, 0) is 13.7 Å². The maximum atomic E-state index is 11.9. The van der Waals surface area contributed by atoms with E-state index in [4.69, 9.17) is 16.4 Å². The van der Waals surface area contributed by atoms with Gasteiger partial charge in [-0.2, -0.15) is 0 Å². The second kappa shape index (κ2) is 2.48. The van der Waals surface area contributed by atoms with Crippen LogP contribution in [-0.4, -0.2) is 17.9 Å². The average Bonchev–Trinajstić information content (AvgIpc) is 2.22. The Kier molecular flexibility index (Phi) is 0.325. The summed E-state index contributed by atoms with van der Waals surface area (Å²) in [6.07, 6.45) is -14.8. The monoisotopic (exact) mass is 140 g/mol. The highest BCUT2D eigenvalue weighted by Crippen LogP contribution is 2.14. The molecule has 9 heavy (non-hydrogen) atoms. The fourth-order valence-electron chi connectivity index (χ4n) is 0.391. The van der Waals surface area contributed by atoms with Crippen LogP contribution >= 0.6 is 0 Å². The van der Waals surface area contributed by atoms with E-state index in [9.17, 15) is 4.79 Å². The molecule has 2 nitrogen and oxygen atoms in total. The van der Waals surface area contributed by atoms with Crippen molar-refractivity contribution in [2.75, 3.05) is 0 Å². The molecular formula is C7H12O2. The molecule has 0 N–H and O–H groups in total. The minimum atomic E-state index is -3.72. The third-order valence-electron chi connectivity index (χ3n) is 0.658. The maximum absolute atomic E-state index is 11.9. The first-order valence-corrected chi connectivity index (χ1v) is 2.11. The van der Waals surface area contributed by atoms with Crippen molar-refractivity contribution in [1.29, 1.82) is 0 Å². The summed E-state index contributed by atoms with van der Waals surface area (Å²) in [7, 11) is 0. The van der Waals surface area contributed by atoms with E-state index in [0.717, 1.165) is 0 Å². The van der Waals surface area contributed by atoms with Crippen LogP contribution < -0.4 is 0 Å². The van der Waals surface area contributed by atoms with Gasteiger partial charge in [-0.25, -0.2) is 0 Å². The second-order valence-corrected chi connectivity index (χ2v) is 1.34. The Morgan fingerprint density at radius 1 is 1.78 bits per heavy atom. The minimum absolute atomic E-state index is 2.13. The first-order chi connectivity index (χ1) is 8.86. The van der Waals surface area contributed by atoms with Gasteiger partial charge in [0.2, 0.25) is 0 Å². The quantitative estimate of drug-likeness (QED) is 0.504. The number of ether oxygens (including phenoxy) is 1. The number of carbonyl (C=O) groups is 1. The lowest BCUT2D eigenvalue weighted by molar-refractivity contribution is -0.132. The van der Waals surface area contributed by atoms with E-state index in [2.05, 4.69) is 4.74 Å². The fourth-order valence-corrected chi connectivity index (χ4v) is 0.391. The molecule has 1 saturated heterocycles. The van der Waals surface area contributed by atoms with E-state index >= 15 is 0 Å². The number of rotatable bonds is 0. The molecule has 0 bridgehead atoms. The van der Waals surface area contributed by atoms with Crippen molar-refractivity contribution in [1.82, 2.24) is 0 Å². The highest BCUT2D eigenvalue weighted by molar-refractivity contribution is 5.79. The topological polar surface area (TPSA) is 26.3 Å². The van der Waals surface area contributed by atoms with Crippen LogP contribution in [0.2, 0.25) is 0 Å². The largest absolute Gasteiger partial charge is 0.375 e. The first-order valence-electron chi connectivity index (χ1n) is 8.11. The summed E-state index contributed by atoms with van der Waals surface area (Å²) >= 11 is 0. The van der Waals surface area contributed by atoms with E-state index < -0.39 is 44.4 Å². The van der Waals surface area contributed by atoms with Gasteiger partial charge in [-0.1, -0.05) is 0 Å². The van der Waals surface area contributed by atoms with E-state index in [-0.39, 0.29) is 0 Å². The molecule has 0 aromatic heterocycles. The molecule has 0 aromatic rings. The molecule has 0 aliphatic carbocycles. The lowest BCUT2D eigenvalue weighted by atomic mass is 10.1. The summed E-state index contributed by atoms with van der Waals surface area (Å²) < 4.78 is 91.9. The Morgan fingerprint density at radius 2 is 2.33 bits per heavy atom. The van der Waals surface area contributed by atoms with Crippen LogP contribution in [0.25, 0.3) is 0 Å². The lowest BCUT2D eigenvalue weighted by Crippen LogP contribution is -2.28. The Balaban J connectivity index is 3.68. The molecule has 1 fully saturated rings. The van der Waals surface area contributed by atoms with Crippen molar-refractivity contribution in [3.05, 3.63) is 0 Å². The lowest BCUT2D eigenvalue weighted by Gasteiger charge is -2.23. The molecule has 1 aliphatic rings. The zero-order chi connectivity index (χ0) is 17.3. The van der Waals surface area contributed by atoms with Crippen molar-refractivity contribution >= 4 is 5.78 Å². The minimum Gasteiger partial charge on any atom is -0.375 e. The van der Waals surface area contributed by atoms with Crippen molar-refractivity contribution in [2.24, 2.45) is 0 Å². The molecule has 0 spiro atoms. The molecule has 2 heteroatoms. The van der Waals surface area contributed by atoms with Crippen LogP contribution in [0.4, 0.5) is 0 Å². The summed E-state index contributed by atoms with van der Waals surface area (Å²) in [6.45, 7) is -7.25. The first kappa shape index (κ1) is 1.18. The summed E-state index contributed by atoms with van der Waals surface area (Å²) in [5, 5.41) is 0. The van der Waals surface area contributed by atoms with Gasteiger partial charge in [-0.3, -0.25) is 4.79 Å². The van der Waals surface area contributed by atoms with Crippen LogP contribution in [0, 0.1) is 0 Å². The Labute approximate surface area is 72.1 Å². The van der Waals surface area contributed by atoms with E-state index in [1.54, 1.807) is 0 Å². The van der Waals surface area contributed by atoms with Gasteiger partial charge >= 0.3 is 0 Å². The van der Waals surface area contributed by atoms with Crippen molar-refractivity contribution in [3.63, 3.8) is 0 Å². The van der Waals surface area contributed by atoms with Gasteiger partial charge in [0.15, 0.2) is 0 Å². The fraction of sp³-hybridized carbons (Fsp3) is 0.857. The smallest absolute Gasteiger partial charge is 0.138 e. The molecule has 0 radical (unpaired) electrons. The molecule has 0 amide bonds. The molecule has 0 aromatic carbocycles. The molecular weight excluding hydrogens is 116 g/mol. The van der Waals surface area contributed by atoms with Gasteiger partial charge in [0.05, 0.1) is 14.9 Å². The standard InChI is InChI=1S/C7H12O2/c1-5-3-7(8)4-6(2)9-5/h5-6H,3-4H2,1-2H3/i1D3,2D3,3D2,4D2,5D,6D. The molecule has 0 saturated carbocycles. The normalized spacial score (nSPS) is 86.9. The zero-order valence-corrected chi connectivity index (χ0v) is 4.32. The van der Waals surface area contributed by atoms with Gasteiger partial charge < -0.3 is 4.74 Å². The number of Topliss-reactive ketones (excluding diaryl/α,β-unsaturated/α-hetero) is 1. The summed E-state index contributed by atoms with van der Waals surface area (Å²) in [5.41, 5.74) is 0. The summed E-state index contributed by atoms with van der Waals surface area (Å²) in [4.78, 5) is 11.9. The SMILES string of the molecule is [2H]C([2H])([2H])C1([2H])OC([2H])(C([2H])([2H])[2H])C([2H])([2H])C(=O)C1([2H])[2H]. The summed E-state index contributed by atoms with van der Waals surface area (Å²) in [6, 6.07) is 0. The third kappa shape index (κ3) is 1.79. The second-order valence-electron chi connectivity index (χ2n) is 1.34. The van der Waals surface area contributed by atoms with Crippen LogP contribution in [-0.2, 0) is 9.53 Å². The average molecular weight is 140 g/mol. The number of ketones is 1. The van der Waals surface area contributed by atoms with Crippen molar-refractivity contribution in [3.8, 4) is 0 Å². The highest BCUT2D eigenvalue weighted by Gasteiger charge is 2.20. The Hall–Kier alpha value is -0.370. The van der Waals surface area contributed by atoms with E-state index in [1.165, 1.54) is 0 Å². The van der Waals surface area contributed by atoms with Gasteiger partial charge in [0.1, 0.15) is 5.78 Å². The Morgan fingerprint density at radius 3 is 2.78 bits per heavy atom. The van der Waals surface area contributed by atoms with Gasteiger partial charge in [0.25, 0.3) is 0 Å². The molecule has 1 rings (SSSR count). The van der Waals surface area contributed by atoms with Gasteiger partial charge in [0, 0.05) is 26.5 Å². The van der Waals surface area contributed by atoms with Crippen molar-refractivity contribution < 1.29 is 26.0 Å². The van der Waals surface area contributed by atoms with Crippen LogP contribution in [0.15, 0.2) is 0 Å². The van der Waals surface area contributed by atoms with E-state index in [0.29, 0.717) is 0 Å². The maximum Gasteiger partial charge on any atom is 0.138 e. The highest BCUT2D eigenvalue weighted by atomic mass is 16.5. The predicted molar refractivity (Wildman–Crippen MR) is 34.2 cm³/mol. The molecule has 2 unspecified atom stereocenters. The van der Waals surface area contributed by atoms with Crippen LogP contribution in [0.5, 0.6) is 0 Å². The third-order valence-corrected chi connectivity index (χ3v) is 0.658. The van der Waals surface area contributed by atoms with Crippen molar-refractivity contribution in [2.45, 2.75) is 38.6 Å². The van der Waals surface area contributed by atoms with E-state index in [1.807, 2.05) is 0 Å². The molecule has 1 aliphatic heterocycles. The number of hydrogen-bond donors (Lipinski definition) is 0. The molecule has 52 valence electrons. The zero-order valence-electron chi connectivity index (χ0n) is 16.3.